The third-order valence-corrected chi connectivity index (χ3v) is 9.97. The maximum absolute atomic E-state index is 12.6. The van der Waals surface area contributed by atoms with Gasteiger partial charge in [0.1, 0.15) is 6.61 Å². The maximum atomic E-state index is 12.6. The molecule has 0 spiro atoms. The standard InChI is InChI=1S/C47H88O5/c1-4-7-10-13-16-18-20-22-23-24-26-28-30-33-36-39-42-50-43-45(52-47(49)41-38-35-31-15-12-9-6-3)44-51-46(48)40-37-34-32-29-27-25-21-19-17-14-11-8-5-2/h11,14,19,21,45H,4-10,12-13,15-18,20,22-44H2,1-3H3/b14-11-,21-19-. The Hall–Kier alpha value is -1.62. The molecule has 306 valence electrons. The zero-order valence-electron chi connectivity index (χ0n) is 35.1. The first-order valence-electron chi connectivity index (χ1n) is 22.9. The minimum atomic E-state index is -0.530. The largest absolute Gasteiger partial charge is 0.462 e. The molecule has 0 aromatic heterocycles. The number of unbranched alkanes of at least 4 members (excludes halogenated alkanes) is 27. The van der Waals surface area contributed by atoms with Gasteiger partial charge in [0.05, 0.1) is 6.61 Å². The lowest BCUT2D eigenvalue weighted by Crippen LogP contribution is -2.30. The highest BCUT2D eigenvalue weighted by molar-refractivity contribution is 5.70. The van der Waals surface area contributed by atoms with Gasteiger partial charge in [-0.15, -0.1) is 0 Å². The Morgan fingerprint density at radius 2 is 0.846 bits per heavy atom. The molecule has 0 aliphatic carbocycles. The molecule has 0 aliphatic heterocycles. The Balaban J connectivity index is 4.12. The summed E-state index contributed by atoms with van der Waals surface area (Å²) in [4.78, 5) is 25.1. The highest BCUT2D eigenvalue weighted by Crippen LogP contribution is 2.15. The molecule has 0 saturated heterocycles. The monoisotopic (exact) mass is 733 g/mol. The number of esters is 2. The molecule has 0 heterocycles. The predicted molar refractivity (Wildman–Crippen MR) is 224 cm³/mol. The first-order chi connectivity index (χ1) is 25.6. The van der Waals surface area contributed by atoms with E-state index in [2.05, 4.69) is 45.1 Å². The van der Waals surface area contributed by atoms with Crippen molar-refractivity contribution in [2.45, 2.75) is 245 Å². The van der Waals surface area contributed by atoms with Crippen molar-refractivity contribution >= 4 is 11.9 Å². The van der Waals surface area contributed by atoms with Crippen molar-refractivity contribution in [3.63, 3.8) is 0 Å². The number of carbonyl (C=O) groups excluding carboxylic acids is 2. The van der Waals surface area contributed by atoms with Gasteiger partial charge in [0.2, 0.25) is 0 Å². The second kappa shape index (κ2) is 43.8. The van der Waals surface area contributed by atoms with Crippen LogP contribution in [-0.2, 0) is 23.8 Å². The van der Waals surface area contributed by atoms with Gasteiger partial charge in [-0.25, -0.2) is 0 Å². The molecule has 5 nitrogen and oxygen atoms in total. The fourth-order valence-corrected chi connectivity index (χ4v) is 6.55. The average Bonchev–Trinajstić information content (AvgIpc) is 3.14. The van der Waals surface area contributed by atoms with Crippen LogP contribution >= 0.6 is 0 Å². The van der Waals surface area contributed by atoms with Crippen molar-refractivity contribution in [3.8, 4) is 0 Å². The molecule has 0 aliphatic rings. The van der Waals surface area contributed by atoms with E-state index in [1.54, 1.807) is 0 Å². The summed E-state index contributed by atoms with van der Waals surface area (Å²) in [5.74, 6) is -0.409. The summed E-state index contributed by atoms with van der Waals surface area (Å²) in [6.07, 6.45) is 49.0. The van der Waals surface area contributed by atoms with Crippen molar-refractivity contribution in [2.75, 3.05) is 19.8 Å². The predicted octanol–water partition coefficient (Wildman–Crippen LogP) is 14.9. The van der Waals surface area contributed by atoms with E-state index in [0.717, 1.165) is 51.4 Å². The minimum absolute atomic E-state index is 0.0838. The Morgan fingerprint density at radius 3 is 1.35 bits per heavy atom. The van der Waals surface area contributed by atoms with Gasteiger partial charge in [0.15, 0.2) is 6.10 Å². The maximum Gasteiger partial charge on any atom is 0.306 e. The summed E-state index contributed by atoms with van der Waals surface area (Å²) in [5.41, 5.74) is 0. The van der Waals surface area contributed by atoms with Gasteiger partial charge in [-0.05, 0) is 44.9 Å². The summed E-state index contributed by atoms with van der Waals surface area (Å²) < 4.78 is 17.3. The quantitative estimate of drug-likeness (QED) is 0.0355. The van der Waals surface area contributed by atoms with Crippen molar-refractivity contribution in [3.05, 3.63) is 24.3 Å². The second-order valence-corrected chi connectivity index (χ2v) is 15.3. The Kier molecular flexibility index (Phi) is 42.4. The molecule has 0 fully saturated rings. The van der Waals surface area contributed by atoms with E-state index in [1.165, 1.54) is 154 Å². The van der Waals surface area contributed by atoms with Crippen LogP contribution in [0, 0.1) is 0 Å². The molecule has 0 amide bonds. The highest BCUT2D eigenvalue weighted by atomic mass is 16.6. The van der Waals surface area contributed by atoms with E-state index in [1.807, 2.05) is 0 Å². The van der Waals surface area contributed by atoms with E-state index in [0.29, 0.717) is 19.4 Å². The van der Waals surface area contributed by atoms with E-state index in [4.69, 9.17) is 14.2 Å². The molecule has 5 heteroatoms. The summed E-state index contributed by atoms with van der Waals surface area (Å²) in [6, 6.07) is 0. The number of hydrogen-bond acceptors (Lipinski definition) is 5. The first kappa shape index (κ1) is 50.4. The molecule has 0 saturated carbocycles. The molecule has 1 unspecified atom stereocenters. The molecular weight excluding hydrogens is 645 g/mol. The molecule has 52 heavy (non-hydrogen) atoms. The number of hydrogen-bond donors (Lipinski definition) is 0. The lowest BCUT2D eigenvalue weighted by Gasteiger charge is -2.18. The molecule has 1 atom stereocenters. The van der Waals surface area contributed by atoms with Crippen LogP contribution in [0.25, 0.3) is 0 Å². The highest BCUT2D eigenvalue weighted by Gasteiger charge is 2.17. The van der Waals surface area contributed by atoms with E-state index >= 15 is 0 Å². The van der Waals surface area contributed by atoms with Crippen LogP contribution in [-0.4, -0.2) is 37.9 Å². The molecule has 0 N–H and O–H groups in total. The van der Waals surface area contributed by atoms with Gasteiger partial charge in [-0.2, -0.15) is 0 Å². The van der Waals surface area contributed by atoms with Crippen LogP contribution in [0.5, 0.6) is 0 Å². The summed E-state index contributed by atoms with van der Waals surface area (Å²) in [5, 5.41) is 0. The van der Waals surface area contributed by atoms with Gasteiger partial charge in [-0.1, -0.05) is 206 Å². The smallest absolute Gasteiger partial charge is 0.306 e. The minimum Gasteiger partial charge on any atom is -0.462 e. The van der Waals surface area contributed by atoms with E-state index in [-0.39, 0.29) is 25.2 Å². The van der Waals surface area contributed by atoms with Crippen LogP contribution in [0.4, 0.5) is 0 Å². The van der Waals surface area contributed by atoms with Gasteiger partial charge >= 0.3 is 11.9 Å². The summed E-state index contributed by atoms with van der Waals surface area (Å²) in [7, 11) is 0. The first-order valence-corrected chi connectivity index (χ1v) is 22.9. The summed E-state index contributed by atoms with van der Waals surface area (Å²) in [6.45, 7) is 7.75. The Bertz CT molecular complexity index is 791. The number of ether oxygens (including phenoxy) is 3. The van der Waals surface area contributed by atoms with Crippen molar-refractivity contribution < 1.29 is 23.8 Å². The van der Waals surface area contributed by atoms with Crippen molar-refractivity contribution in [2.24, 2.45) is 0 Å². The SMILES string of the molecule is CCC/C=C\C/C=C\CCCCCCCC(=O)OCC(COCCCCCCCCCCCCCCCCCC)OC(=O)CCCCCCCCC. The van der Waals surface area contributed by atoms with Gasteiger partial charge in [0, 0.05) is 19.4 Å². The fraction of sp³-hybridized carbons (Fsp3) is 0.872. The van der Waals surface area contributed by atoms with Crippen molar-refractivity contribution in [1.82, 2.24) is 0 Å². The fourth-order valence-electron chi connectivity index (χ4n) is 6.55. The van der Waals surface area contributed by atoms with Crippen molar-refractivity contribution in [1.29, 1.82) is 0 Å². The van der Waals surface area contributed by atoms with Gasteiger partial charge in [0.25, 0.3) is 0 Å². The summed E-state index contributed by atoms with van der Waals surface area (Å²) >= 11 is 0. The van der Waals surface area contributed by atoms with E-state index < -0.39 is 6.10 Å². The topological polar surface area (TPSA) is 61.8 Å². The van der Waals surface area contributed by atoms with Crippen LogP contribution < -0.4 is 0 Å². The zero-order chi connectivity index (χ0) is 37.8. The van der Waals surface area contributed by atoms with Crippen LogP contribution in [0.15, 0.2) is 24.3 Å². The van der Waals surface area contributed by atoms with Crippen LogP contribution in [0.3, 0.4) is 0 Å². The number of carbonyl (C=O) groups is 2. The van der Waals surface area contributed by atoms with Crippen LogP contribution in [0.1, 0.15) is 239 Å². The second-order valence-electron chi connectivity index (χ2n) is 15.3. The lowest BCUT2D eigenvalue weighted by atomic mass is 10.0. The average molecular weight is 733 g/mol. The third-order valence-electron chi connectivity index (χ3n) is 9.97. The Labute approximate surface area is 324 Å². The molecular formula is C47H88O5. The zero-order valence-corrected chi connectivity index (χ0v) is 35.1. The molecule has 0 radical (unpaired) electrons. The number of rotatable bonds is 42. The van der Waals surface area contributed by atoms with Gasteiger partial charge in [-0.3, -0.25) is 9.59 Å². The molecule has 0 rings (SSSR count). The Morgan fingerprint density at radius 1 is 0.423 bits per heavy atom. The molecule has 0 bridgehead atoms. The van der Waals surface area contributed by atoms with Crippen LogP contribution in [0.2, 0.25) is 0 Å². The van der Waals surface area contributed by atoms with Gasteiger partial charge < -0.3 is 14.2 Å². The molecule has 0 aromatic carbocycles. The van der Waals surface area contributed by atoms with E-state index in [9.17, 15) is 9.59 Å². The lowest BCUT2D eigenvalue weighted by molar-refractivity contribution is -0.163. The number of allylic oxidation sites excluding steroid dienone is 4. The normalized spacial score (nSPS) is 12.3. The third kappa shape index (κ3) is 41.1. The molecule has 0 aromatic rings.